The van der Waals surface area contributed by atoms with Crippen molar-refractivity contribution in [3.8, 4) is 0 Å². The summed E-state index contributed by atoms with van der Waals surface area (Å²) in [6.45, 7) is 6.03. The van der Waals surface area contributed by atoms with E-state index < -0.39 is 34.7 Å². The molecule has 0 aromatic heterocycles. The van der Waals surface area contributed by atoms with Crippen LogP contribution >= 0.6 is 0 Å². The number of alkyl halides is 3. The molecule has 1 aromatic carbocycles. The smallest absolute Gasteiger partial charge is 0.416 e. The van der Waals surface area contributed by atoms with Gasteiger partial charge in [0.25, 0.3) is 0 Å². The average molecular weight is 445 g/mol. The maximum absolute atomic E-state index is 13.6. The Hall–Kier alpha value is -2.36. The average Bonchev–Trinajstić information content (AvgIpc) is 3.14. The van der Waals surface area contributed by atoms with Crippen molar-refractivity contribution in [3.05, 3.63) is 35.1 Å². The lowest BCUT2D eigenvalue weighted by atomic mass is 9.79. The van der Waals surface area contributed by atoms with Crippen LogP contribution in [0.15, 0.2) is 18.2 Å². The van der Waals surface area contributed by atoms with Gasteiger partial charge in [0.05, 0.1) is 11.0 Å². The van der Waals surface area contributed by atoms with Crippen molar-refractivity contribution in [2.75, 3.05) is 13.1 Å². The molecule has 0 bridgehead atoms. The number of benzene rings is 1. The Balaban J connectivity index is 1.65. The number of rotatable bonds is 4. The third-order valence-electron chi connectivity index (χ3n) is 5.70. The van der Waals surface area contributed by atoms with Crippen LogP contribution in [0.5, 0.6) is 0 Å². The number of carbonyl (C=O) groups is 2. The Labute approximate surface area is 178 Å². The third-order valence-corrected chi connectivity index (χ3v) is 5.70. The molecule has 0 spiro atoms. The van der Waals surface area contributed by atoms with E-state index in [0.717, 1.165) is 12.1 Å². The van der Waals surface area contributed by atoms with E-state index in [1.807, 2.05) is 0 Å². The Morgan fingerprint density at radius 1 is 1.23 bits per heavy atom. The second-order valence-corrected chi connectivity index (χ2v) is 9.30. The zero-order chi connectivity index (χ0) is 23.0. The van der Waals surface area contributed by atoms with Crippen molar-refractivity contribution in [2.24, 2.45) is 11.3 Å². The molecule has 2 amide bonds. The van der Waals surface area contributed by atoms with Gasteiger partial charge in [0.15, 0.2) is 0 Å². The monoisotopic (exact) mass is 445 g/mol. The summed E-state index contributed by atoms with van der Waals surface area (Å²) in [6.07, 6.45) is -4.27. The van der Waals surface area contributed by atoms with Gasteiger partial charge in [0, 0.05) is 19.1 Å². The summed E-state index contributed by atoms with van der Waals surface area (Å²) in [5.41, 5.74) is -2.51. The molecule has 1 aliphatic heterocycles. The predicted molar refractivity (Wildman–Crippen MR) is 104 cm³/mol. The lowest BCUT2D eigenvalue weighted by Gasteiger charge is -2.27. The first-order chi connectivity index (χ1) is 14.3. The van der Waals surface area contributed by atoms with Crippen LogP contribution in [-0.2, 0) is 22.3 Å². The van der Waals surface area contributed by atoms with Crippen LogP contribution in [0.2, 0.25) is 0 Å². The lowest BCUT2D eigenvalue weighted by molar-refractivity contribution is -0.137. The Morgan fingerprint density at radius 2 is 1.94 bits per heavy atom. The number of alkyl carbamates (subject to hydrolysis) is 1. The summed E-state index contributed by atoms with van der Waals surface area (Å²) in [4.78, 5) is 25.1. The van der Waals surface area contributed by atoms with E-state index in [1.54, 1.807) is 20.8 Å². The van der Waals surface area contributed by atoms with Crippen molar-refractivity contribution >= 4 is 12.0 Å². The topological polar surface area (TPSA) is 79.5 Å². The van der Waals surface area contributed by atoms with Gasteiger partial charge in [-0.05, 0) is 69.8 Å². The van der Waals surface area contributed by atoms with Crippen molar-refractivity contribution < 1.29 is 31.9 Å². The first kappa shape index (κ1) is 23.3. The summed E-state index contributed by atoms with van der Waals surface area (Å²) < 4.78 is 57.6. The normalized spacial score (nSPS) is 25.8. The number of nitrogens with one attached hydrogen (secondary N) is 3. The summed E-state index contributed by atoms with van der Waals surface area (Å²) >= 11 is 0. The molecule has 31 heavy (non-hydrogen) atoms. The first-order valence-corrected chi connectivity index (χ1v) is 10.1. The van der Waals surface area contributed by atoms with Gasteiger partial charge in [-0.15, -0.1) is 0 Å². The highest BCUT2D eigenvalue weighted by Gasteiger charge is 2.55. The van der Waals surface area contributed by atoms with E-state index in [4.69, 9.17) is 4.74 Å². The molecule has 172 valence electrons. The van der Waals surface area contributed by atoms with E-state index >= 15 is 0 Å². The molecule has 3 atom stereocenters. The van der Waals surface area contributed by atoms with E-state index in [0.29, 0.717) is 32.0 Å². The van der Waals surface area contributed by atoms with E-state index in [9.17, 15) is 27.2 Å². The molecule has 1 saturated heterocycles. The Kier molecular flexibility index (Phi) is 6.23. The number of carbonyl (C=O) groups excluding carboxylic acids is 2. The fourth-order valence-corrected chi connectivity index (χ4v) is 4.44. The zero-order valence-corrected chi connectivity index (χ0v) is 17.7. The Morgan fingerprint density at radius 3 is 2.58 bits per heavy atom. The van der Waals surface area contributed by atoms with Gasteiger partial charge < -0.3 is 20.7 Å². The fraction of sp³-hybridized carbons (Fsp3) is 0.619. The van der Waals surface area contributed by atoms with Crippen LogP contribution in [0.4, 0.5) is 22.4 Å². The van der Waals surface area contributed by atoms with Crippen molar-refractivity contribution in [1.82, 2.24) is 16.0 Å². The lowest BCUT2D eigenvalue weighted by Crippen LogP contribution is -2.45. The molecule has 3 rings (SSSR count). The van der Waals surface area contributed by atoms with Crippen LogP contribution in [-0.4, -0.2) is 36.7 Å². The highest BCUT2D eigenvalue weighted by atomic mass is 19.4. The number of halogens is 4. The molecule has 0 radical (unpaired) electrons. The van der Waals surface area contributed by atoms with Crippen LogP contribution in [0.3, 0.4) is 0 Å². The predicted octanol–water partition coefficient (Wildman–Crippen LogP) is 3.35. The van der Waals surface area contributed by atoms with Gasteiger partial charge in [-0.25, -0.2) is 9.18 Å². The van der Waals surface area contributed by atoms with Crippen LogP contribution < -0.4 is 16.0 Å². The van der Waals surface area contributed by atoms with Gasteiger partial charge in [-0.3, -0.25) is 4.79 Å². The molecule has 2 aliphatic rings. The van der Waals surface area contributed by atoms with Crippen LogP contribution in [0, 0.1) is 17.2 Å². The highest BCUT2D eigenvalue weighted by Crippen LogP contribution is 2.46. The molecule has 10 heteroatoms. The molecule has 3 unspecified atom stereocenters. The maximum atomic E-state index is 13.6. The molecule has 2 fully saturated rings. The van der Waals surface area contributed by atoms with Gasteiger partial charge in [0.1, 0.15) is 11.4 Å². The van der Waals surface area contributed by atoms with Gasteiger partial charge in [-0.2, -0.15) is 13.2 Å². The van der Waals surface area contributed by atoms with E-state index in [2.05, 4.69) is 16.0 Å². The summed E-state index contributed by atoms with van der Waals surface area (Å²) in [5.74, 6) is -1.38. The van der Waals surface area contributed by atoms with Gasteiger partial charge in [0.2, 0.25) is 5.91 Å². The van der Waals surface area contributed by atoms with Crippen LogP contribution in [0.25, 0.3) is 0 Å². The minimum atomic E-state index is -4.67. The second-order valence-electron chi connectivity index (χ2n) is 9.30. The minimum absolute atomic E-state index is 0.0287. The molecule has 3 N–H and O–H groups in total. The standard InChI is InChI=1S/C21H27F4N3O3/c1-19(2,3)31-18(30)28-16-7-14-10-26-11-20(14,8-16)17(29)27-9-12-4-13(21(23,24)25)6-15(22)5-12/h4-6,14,16,26H,7-11H2,1-3H3,(H,27,29)(H,28,30). The zero-order valence-electron chi connectivity index (χ0n) is 17.7. The Bertz CT molecular complexity index is 853. The molecule has 1 aliphatic carbocycles. The number of fused-ring (bicyclic) bond motifs is 1. The highest BCUT2D eigenvalue weighted by molar-refractivity contribution is 5.84. The molecule has 1 heterocycles. The quantitative estimate of drug-likeness (QED) is 0.621. The van der Waals surface area contributed by atoms with E-state index in [1.165, 1.54) is 0 Å². The largest absolute Gasteiger partial charge is 0.444 e. The molecule has 1 aromatic rings. The minimum Gasteiger partial charge on any atom is -0.444 e. The maximum Gasteiger partial charge on any atom is 0.416 e. The number of ether oxygens (including phenoxy) is 1. The van der Waals surface area contributed by atoms with Gasteiger partial charge in [-0.1, -0.05) is 0 Å². The third kappa shape index (κ3) is 5.47. The van der Waals surface area contributed by atoms with Crippen molar-refractivity contribution in [1.29, 1.82) is 0 Å². The summed E-state index contributed by atoms with van der Waals surface area (Å²) in [7, 11) is 0. The first-order valence-electron chi connectivity index (χ1n) is 10.1. The number of hydrogen-bond acceptors (Lipinski definition) is 4. The molecular weight excluding hydrogens is 418 g/mol. The summed E-state index contributed by atoms with van der Waals surface area (Å²) in [5, 5.41) is 8.65. The molecule has 6 nitrogen and oxygen atoms in total. The SMILES string of the molecule is CC(C)(C)OC(=O)NC1CC2CNCC2(C(=O)NCc2cc(F)cc(C(F)(F)F)c2)C1. The number of hydrogen-bond donors (Lipinski definition) is 3. The van der Waals surface area contributed by atoms with E-state index in [-0.39, 0.29) is 30.0 Å². The van der Waals surface area contributed by atoms with Crippen LogP contribution in [0.1, 0.15) is 44.7 Å². The van der Waals surface area contributed by atoms with Crippen molar-refractivity contribution in [3.63, 3.8) is 0 Å². The van der Waals surface area contributed by atoms with Gasteiger partial charge >= 0.3 is 12.3 Å². The van der Waals surface area contributed by atoms with Crippen molar-refractivity contribution in [2.45, 2.75) is 58.0 Å². The summed E-state index contributed by atoms with van der Waals surface area (Å²) in [6, 6.07) is 1.97. The number of amides is 2. The molecule has 1 saturated carbocycles. The fourth-order valence-electron chi connectivity index (χ4n) is 4.44. The molecular formula is C21H27F4N3O3. The second kappa shape index (κ2) is 8.29.